The van der Waals surface area contributed by atoms with Gasteiger partial charge >= 0.3 is 0 Å². The molecular formula is C17H20N4O4S. The highest BCUT2D eigenvalue weighted by molar-refractivity contribution is 7.17. The third kappa shape index (κ3) is 2.87. The van der Waals surface area contributed by atoms with Crippen molar-refractivity contribution in [3.05, 3.63) is 35.0 Å². The highest BCUT2D eigenvalue weighted by atomic mass is 32.1. The number of morpholine rings is 1. The summed E-state index contributed by atoms with van der Waals surface area (Å²) in [4.78, 5) is 7.96. The van der Waals surface area contributed by atoms with Gasteiger partial charge in [-0.05, 0) is 17.7 Å². The molecule has 1 unspecified atom stereocenters. The minimum atomic E-state index is -0.146. The largest absolute Gasteiger partial charge is 0.493 e. The van der Waals surface area contributed by atoms with Crippen molar-refractivity contribution in [1.29, 1.82) is 0 Å². The van der Waals surface area contributed by atoms with Crippen LogP contribution in [0.25, 0.3) is 4.96 Å². The van der Waals surface area contributed by atoms with Gasteiger partial charge in [-0.25, -0.2) is 4.98 Å². The van der Waals surface area contributed by atoms with E-state index in [2.05, 4.69) is 15.0 Å². The van der Waals surface area contributed by atoms with Crippen molar-refractivity contribution in [2.45, 2.75) is 6.04 Å². The molecule has 0 aliphatic carbocycles. The van der Waals surface area contributed by atoms with E-state index in [-0.39, 0.29) is 11.9 Å². The number of aromatic nitrogens is 3. The van der Waals surface area contributed by atoms with Crippen LogP contribution in [0.5, 0.6) is 17.4 Å². The summed E-state index contributed by atoms with van der Waals surface area (Å²) in [6, 6.07) is 5.69. The van der Waals surface area contributed by atoms with E-state index in [0.717, 1.165) is 23.5 Å². The molecule has 1 aromatic carbocycles. The summed E-state index contributed by atoms with van der Waals surface area (Å²) in [6.07, 6.45) is 1.44. The minimum Gasteiger partial charge on any atom is -0.493 e. The first-order valence-electron chi connectivity index (χ1n) is 8.28. The molecule has 0 bridgehead atoms. The van der Waals surface area contributed by atoms with Gasteiger partial charge in [0, 0.05) is 13.1 Å². The SMILES string of the molecule is COc1ccc(C(c2sc3ncnn3c2O)N2CCOCC2)cc1OC. The molecule has 0 saturated carbocycles. The number of methoxy groups -OCH3 is 2. The molecule has 9 heteroatoms. The van der Waals surface area contributed by atoms with Crippen LogP contribution in [-0.4, -0.2) is 65.1 Å². The number of nitrogens with zero attached hydrogens (tertiary/aromatic N) is 4. The zero-order valence-corrected chi connectivity index (χ0v) is 15.4. The zero-order valence-electron chi connectivity index (χ0n) is 14.6. The van der Waals surface area contributed by atoms with Gasteiger partial charge in [-0.1, -0.05) is 17.4 Å². The van der Waals surface area contributed by atoms with Crippen molar-refractivity contribution >= 4 is 16.3 Å². The molecule has 1 aliphatic rings. The number of ether oxygens (including phenoxy) is 3. The average Bonchev–Trinajstić information content (AvgIpc) is 3.26. The maximum absolute atomic E-state index is 10.7. The highest BCUT2D eigenvalue weighted by Gasteiger charge is 2.30. The fourth-order valence-electron chi connectivity index (χ4n) is 3.26. The van der Waals surface area contributed by atoms with E-state index >= 15 is 0 Å². The van der Waals surface area contributed by atoms with E-state index in [4.69, 9.17) is 14.2 Å². The summed E-state index contributed by atoms with van der Waals surface area (Å²) >= 11 is 1.44. The van der Waals surface area contributed by atoms with E-state index in [0.29, 0.717) is 29.7 Å². The second kappa shape index (κ2) is 7.10. The van der Waals surface area contributed by atoms with Crippen LogP contribution in [0.4, 0.5) is 0 Å². The van der Waals surface area contributed by atoms with Crippen LogP contribution in [0, 0.1) is 0 Å². The first-order chi connectivity index (χ1) is 12.7. The lowest BCUT2D eigenvalue weighted by Crippen LogP contribution is -2.39. The van der Waals surface area contributed by atoms with Crippen molar-refractivity contribution in [3.63, 3.8) is 0 Å². The van der Waals surface area contributed by atoms with Gasteiger partial charge in [-0.3, -0.25) is 4.90 Å². The molecule has 0 radical (unpaired) electrons. The number of rotatable bonds is 5. The summed E-state index contributed by atoms with van der Waals surface area (Å²) in [5, 5.41) is 14.8. The number of fused-ring (bicyclic) bond motifs is 1. The summed E-state index contributed by atoms with van der Waals surface area (Å²) in [7, 11) is 3.23. The second-order valence-electron chi connectivity index (χ2n) is 5.91. The normalized spacial score (nSPS) is 16.7. The molecule has 1 saturated heterocycles. The molecule has 8 nitrogen and oxygen atoms in total. The third-order valence-electron chi connectivity index (χ3n) is 4.52. The smallest absolute Gasteiger partial charge is 0.230 e. The fourth-order valence-corrected chi connectivity index (χ4v) is 4.35. The number of thiazole rings is 1. The van der Waals surface area contributed by atoms with Gasteiger partial charge in [0.2, 0.25) is 10.8 Å². The monoisotopic (exact) mass is 376 g/mol. The molecule has 138 valence electrons. The van der Waals surface area contributed by atoms with E-state index in [1.54, 1.807) is 14.2 Å². The summed E-state index contributed by atoms with van der Waals surface area (Å²) in [5.41, 5.74) is 1.00. The van der Waals surface area contributed by atoms with Crippen LogP contribution in [0.15, 0.2) is 24.5 Å². The molecule has 0 spiro atoms. The van der Waals surface area contributed by atoms with Gasteiger partial charge in [-0.2, -0.15) is 9.61 Å². The van der Waals surface area contributed by atoms with E-state index in [1.807, 2.05) is 18.2 Å². The van der Waals surface area contributed by atoms with Gasteiger partial charge < -0.3 is 19.3 Å². The molecule has 1 N–H and O–H groups in total. The third-order valence-corrected chi connectivity index (χ3v) is 5.61. The maximum Gasteiger partial charge on any atom is 0.230 e. The quantitative estimate of drug-likeness (QED) is 0.729. The Morgan fingerprint density at radius 2 is 1.96 bits per heavy atom. The second-order valence-corrected chi connectivity index (χ2v) is 6.92. The van der Waals surface area contributed by atoms with E-state index in [1.165, 1.54) is 22.2 Å². The van der Waals surface area contributed by atoms with Crippen molar-refractivity contribution in [2.75, 3.05) is 40.5 Å². The minimum absolute atomic E-state index is 0.119. The van der Waals surface area contributed by atoms with Gasteiger partial charge in [-0.15, -0.1) is 0 Å². The number of benzene rings is 1. The fraction of sp³-hybridized carbons (Fsp3) is 0.412. The van der Waals surface area contributed by atoms with Crippen LogP contribution in [-0.2, 0) is 4.74 Å². The van der Waals surface area contributed by atoms with Gasteiger partial charge in [0.1, 0.15) is 6.33 Å². The predicted molar refractivity (Wildman–Crippen MR) is 96.3 cm³/mol. The van der Waals surface area contributed by atoms with Gasteiger partial charge in [0.05, 0.1) is 38.4 Å². The van der Waals surface area contributed by atoms with Crippen molar-refractivity contribution < 1.29 is 19.3 Å². The van der Waals surface area contributed by atoms with Crippen molar-refractivity contribution in [3.8, 4) is 17.4 Å². The molecule has 0 amide bonds. The first kappa shape index (κ1) is 17.1. The van der Waals surface area contributed by atoms with Crippen LogP contribution in [0.2, 0.25) is 0 Å². The van der Waals surface area contributed by atoms with Gasteiger partial charge in [0.15, 0.2) is 11.5 Å². The standard InChI is InChI=1S/C17H20N4O4S/c1-23-12-4-3-11(9-13(12)24-2)14(20-5-7-25-8-6-20)15-16(22)21-17(26-15)18-10-19-21/h3-4,9-10,14,22H,5-8H2,1-2H3. The molecular weight excluding hydrogens is 356 g/mol. The highest BCUT2D eigenvalue weighted by Crippen LogP contribution is 2.42. The zero-order chi connectivity index (χ0) is 18.1. The Bertz CT molecular complexity index is 903. The molecule has 1 atom stereocenters. The summed E-state index contributed by atoms with van der Waals surface area (Å²) in [5.74, 6) is 1.44. The molecule has 4 rings (SSSR count). The number of hydrogen-bond donors (Lipinski definition) is 1. The van der Waals surface area contributed by atoms with Crippen LogP contribution in [0.3, 0.4) is 0 Å². The summed E-state index contributed by atoms with van der Waals surface area (Å²) in [6.45, 7) is 2.86. The van der Waals surface area contributed by atoms with E-state index < -0.39 is 0 Å². The number of aromatic hydroxyl groups is 1. The molecule has 3 aromatic rings. The predicted octanol–water partition coefficient (Wildman–Crippen LogP) is 1.94. The molecule has 1 aliphatic heterocycles. The Kier molecular flexibility index (Phi) is 4.66. The molecule has 26 heavy (non-hydrogen) atoms. The maximum atomic E-state index is 10.7. The van der Waals surface area contributed by atoms with Crippen molar-refractivity contribution in [1.82, 2.24) is 19.5 Å². The average molecular weight is 376 g/mol. The number of hydrogen-bond acceptors (Lipinski definition) is 8. The Balaban J connectivity index is 1.83. The summed E-state index contributed by atoms with van der Waals surface area (Å²) < 4.78 is 17.8. The Labute approximate surface area is 154 Å². The lowest BCUT2D eigenvalue weighted by atomic mass is 10.0. The lowest BCUT2D eigenvalue weighted by Gasteiger charge is -2.34. The topological polar surface area (TPSA) is 81.4 Å². The van der Waals surface area contributed by atoms with Gasteiger partial charge in [0.25, 0.3) is 0 Å². The molecule has 3 heterocycles. The van der Waals surface area contributed by atoms with Crippen LogP contribution >= 0.6 is 11.3 Å². The Hall–Kier alpha value is -2.36. The molecule has 2 aromatic heterocycles. The molecule has 1 fully saturated rings. The Morgan fingerprint density at radius 1 is 1.19 bits per heavy atom. The van der Waals surface area contributed by atoms with Crippen LogP contribution in [0.1, 0.15) is 16.5 Å². The lowest BCUT2D eigenvalue weighted by molar-refractivity contribution is 0.0240. The first-order valence-corrected chi connectivity index (χ1v) is 9.09. The van der Waals surface area contributed by atoms with Crippen molar-refractivity contribution in [2.24, 2.45) is 0 Å². The van der Waals surface area contributed by atoms with Crippen LogP contribution < -0.4 is 9.47 Å². The van der Waals surface area contributed by atoms with E-state index in [9.17, 15) is 5.11 Å². The Morgan fingerprint density at radius 3 is 2.65 bits per heavy atom.